The lowest BCUT2D eigenvalue weighted by atomic mass is 9.75. The van der Waals surface area contributed by atoms with Gasteiger partial charge >= 0.3 is 0 Å². The summed E-state index contributed by atoms with van der Waals surface area (Å²) in [6, 6.07) is 0.303. The van der Waals surface area contributed by atoms with E-state index in [9.17, 15) is 0 Å². The van der Waals surface area contributed by atoms with E-state index in [0.717, 1.165) is 19.3 Å². The molecule has 88 valence electrons. The van der Waals surface area contributed by atoms with Gasteiger partial charge in [-0.05, 0) is 38.5 Å². The zero-order valence-corrected chi connectivity index (χ0v) is 10.0. The molecule has 0 spiro atoms. The zero-order chi connectivity index (χ0) is 11.3. The number of ether oxygens (including phenoxy) is 1. The van der Waals surface area contributed by atoms with E-state index in [0.29, 0.717) is 6.04 Å². The Labute approximate surface area is 93.0 Å². The molecule has 1 fully saturated rings. The molecule has 0 aromatic heterocycles. The first kappa shape index (κ1) is 12.7. The molecule has 15 heavy (non-hydrogen) atoms. The molecule has 1 saturated carbocycles. The van der Waals surface area contributed by atoms with Crippen LogP contribution in [0.5, 0.6) is 0 Å². The third-order valence-electron chi connectivity index (χ3n) is 3.59. The van der Waals surface area contributed by atoms with Gasteiger partial charge in [-0.2, -0.15) is 0 Å². The fourth-order valence-electron chi connectivity index (χ4n) is 2.19. The number of hydrogen-bond acceptors (Lipinski definition) is 3. The number of hydrogen-bond donors (Lipinski definition) is 2. The molecule has 0 bridgehead atoms. The van der Waals surface area contributed by atoms with Crippen LogP contribution in [0, 0.1) is 0 Å². The van der Waals surface area contributed by atoms with Crippen molar-refractivity contribution in [1.29, 1.82) is 0 Å². The Hall–Kier alpha value is -0.380. The molecule has 1 atom stereocenters. The molecule has 1 aliphatic carbocycles. The normalized spacial score (nSPS) is 20.7. The van der Waals surface area contributed by atoms with E-state index in [2.05, 4.69) is 18.9 Å². The Morgan fingerprint density at radius 2 is 2.27 bits per heavy atom. The van der Waals surface area contributed by atoms with Gasteiger partial charge in [0.05, 0.1) is 5.60 Å². The van der Waals surface area contributed by atoms with Crippen LogP contribution in [0.1, 0.15) is 45.4 Å². The standard InChI is InChI=1S/C12H24N2O/c1-4-10(2)8-11(14-13)9-12(15-3)6-5-7-12/h11,14H,2,4-9,13H2,1,3H3. The Bertz CT molecular complexity index is 206. The summed E-state index contributed by atoms with van der Waals surface area (Å²) in [4.78, 5) is 0. The lowest BCUT2D eigenvalue weighted by Crippen LogP contribution is -2.47. The number of hydrazine groups is 1. The minimum Gasteiger partial charge on any atom is -0.378 e. The average Bonchev–Trinajstić information content (AvgIpc) is 2.21. The van der Waals surface area contributed by atoms with Crippen molar-refractivity contribution in [2.75, 3.05) is 7.11 Å². The summed E-state index contributed by atoms with van der Waals surface area (Å²) in [6.45, 7) is 6.15. The van der Waals surface area contributed by atoms with E-state index >= 15 is 0 Å². The molecule has 3 N–H and O–H groups in total. The van der Waals surface area contributed by atoms with Crippen molar-refractivity contribution in [3.05, 3.63) is 12.2 Å². The van der Waals surface area contributed by atoms with Crippen molar-refractivity contribution in [3.63, 3.8) is 0 Å². The lowest BCUT2D eigenvalue weighted by Gasteiger charge is -2.42. The molecule has 3 heteroatoms. The van der Waals surface area contributed by atoms with Gasteiger partial charge < -0.3 is 4.74 Å². The highest BCUT2D eigenvalue weighted by Gasteiger charge is 2.38. The molecule has 0 aliphatic heterocycles. The summed E-state index contributed by atoms with van der Waals surface area (Å²) in [5.74, 6) is 5.57. The number of methoxy groups -OCH3 is 1. The SMILES string of the molecule is C=C(CC)CC(CC1(OC)CCC1)NN. The topological polar surface area (TPSA) is 47.3 Å². The van der Waals surface area contributed by atoms with Crippen LogP contribution in [0.4, 0.5) is 0 Å². The van der Waals surface area contributed by atoms with Crippen molar-refractivity contribution in [2.24, 2.45) is 5.84 Å². The van der Waals surface area contributed by atoms with Crippen LogP contribution < -0.4 is 11.3 Å². The number of nitrogens with two attached hydrogens (primary N) is 1. The Kier molecular flexibility index (Phi) is 4.77. The number of rotatable bonds is 7. The smallest absolute Gasteiger partial charge is 0.0694 e. The Morgan fingerprint density at radius 1 is 1.60 bits per heavy atom. The van der Waals surface area contributed by atoms with Crippen molar-refractivity contribution in [2.45, 2.75) is 57.1 Å². The summed E-state index contributed by atoms with van der Waals surface area (Å²) >= 11 is 0. The van der Waals surface area contributed by atoms with Crippen molar-refractivity contribution < 1.29 is 4.74 Å². The first-order chi connectivity index (χ1) is 7.15. The molecule has 0 aromatic rings. The number of nitrogens with one attached hydrogen (secondary N) is 1. The lowest BCUT2D eigenvalue weighted by molar-refractivity contribution is -0.0834. The highest BCUT2D eigenvalue weighted by Crippen LogP contribution is 2.39. The van der Waals surface area contributed by atoms with E-state index in [1.807, 2.05) is 0 Å². The second kappa shape index (κ2) is 5.64. The van der Waals surface area contributed by atoms with Gasteiger partial charge in [0.1, 0.15) is 0 Å². The zero-order valence-electron chi connectivity index (χ0n) is 10.0. The van der Waals surface area contributed by atoms with Gasteiger partial charge in [0.2, 0.25) is 0 Å². The molecule has 3 nitrogen and oxygen atoms in total. The van der Waals surface area contributed by atoms with Crippen molar-refractivity contribution in [1.82, 2.24) is 5.43 Å². The predicted molar refractivity (Wildman–Crippen MR) is 63.4 cm³/mol. The fourth-order valence-corrected chi connectivity index (χ4v) is 2.19. The third-order valence-corrected chi connectivity index (χ3v) is 3.59. The first-order valence-electron chi connectivity index (χ1n) is 5.83. The summed E-state index contributed by atoms with van der Waals surface area (Å²) in [5, 5.41) is 0. The fraction of sp³-hybridized carbons (Fsp3) is 0.833. The van der Waals surface area contributed by atoms with Crippen LogP contribution >= 0.6 is 0 Å². The van der Waals surface area contributed by atoms with Gasteiger partial charge in [-0.25, -0.2) is 0 Å². The predicted octanol–water partition coefficient (Wildman–Crippen LogP) is 2.13. The van der Waals surface area contributed by atoms with Gasteiger partial charge in [-0.3, -0.25) is 11.3 Å². The molecule has 1 rings (SSSR count). The van der Waals surface area contributed by atoms with Crippen LogP contribution in [-0.2, 0) is 4.74 Å². The van der Waals surface area contributed by atoms with E-state index in [1.165, 1.54) is 24.8 Å². The summed E-state index contributed by atoms with van der Waals surface area (Å²) < 4.78 is 5.60. The monoisotopic (exact) mass is 212 g/mol. The van der Waals surface area contributed by atoms with Crippen LogP contribution in [0.3, 0.4) is 0 Å². The highest BCUT2D eigenvalue weighted by molar-refractivity contribution is 5.00. The largest absolute Gasteiger partial charge is 0.378 e. The van der Waals surface area contributed by atoms with Gasteiger partial charge in [0.25, 0.3) is 0 Å². The first-order valence-corrected chi connectivity index (χ1v) is 5.83. The molecule has 1 unspecified atom stereocenters. The van der Waals surface area contributed by atoms with Crippen LogP contribution in [0.25, 0.3) is 0 Å². The summed E-state index contributed by atoms with van der Waals surface area (Å²) in [7, 11) is 1.81. The van der Waals surface area contributed by atoms with Gasteiger partial charge in [0.15, 0.2) is 0 Å². The average molecular weight is 212 g/mol. The molecular weight excluding hydrogens is 188 g/mol. The van der Waals surface area contributed by atoms with E-state index in [4.69, 9.17) is 10.6 Å². The molecule has 1 aliphatic rings. The van der Waals surface area contributed by atoms with Crippen LogP contribution in [0.2, 0.25) is 0 Å². The van der Waals surface area contributed by atoms with Crippen molar-refractivity contribution in [3.8, 4) is 0 Å². The van der Waals surface area contributed by atoms with Gasteiger partial charge in [-0.15, -0.1) is 0 Å². The van der Waals surface area contributed by atoms with Gasteiger partial charge in [-0.1, -0.05) is 19.1 Å². The van der Waals surface area contributed by atoms with Gasteiger partial charge in [0, 0.05) is 13.2 Å². The quantitative estimate of drug-likeness (QED) is 0.386. The molecule has 0 radical (unpaired) electrons. The maximum absolute atomic E-state index is 5.60. The molecule has 0 amide bonds. The maximum Gasteiger partial charge on any atom is 0.0694 e. The summed E-state index contributed by atoms with van der Waals surface area (Å²) in [5.41, 5.74) is 4.23. The maximum atomic E-state index is 5.60. The van der Waals surface area contributed by atoms with E-state index in [-0.39, 0.29) is 5.60 Å². The van der Waals surface area contributed by atoms with E-state index in [1.54, 1.807) is 7.11 Å². The second-order valence-corrected chi connectivity index (χ2v) is 4.62. The Balaban J connectivity index is 2.41. The molecular formula is C12H24N2O. The minimum absolute atomic E-state index is 0.0884. The molecule has 0 aromatic carbocycles. The van der Waals surface area contributed by atoms with Crippen LogP contribution in [-0.4, -0.2) is 18.8 Å². The van der Waals surface area contributed by atoms with Crippen molar-refractivity contribution >= 4 is 0 Å². The second-order valence-electron chi connectivity index (χ2n) is 4.62. The molecule has 0 saturated heterocycles. The highest BCUT2D eigenvalue weighted by atomic mass is 16.5. The summed E-state index contributed by atoms with van der Waals surface area (Å²) in [6.07, 6.45) is 6.59. The Morgan fingerprint density at radius 3 is 2.60 bits per heavy atom. The third kappa shape index (κ3) is 3.30. The van der Waals surface area contributed by atoms with E-state index < -0.39 is 0 Å². The minimum atomic E-state index is 0.0884. The van der Waals surface area contributed by atoms with Crippen LogP contribution in [0.15, 0.2) is 12.2 Å². The molecule has 0 heterocycles.